The molecule has 4 nitrogen and oxygen atoms in total. The molecule has 76 valence electrons. The summed E-state index contributed by atoms with van der Waals surface area (Å²) in [6.07, 6.45) is 6.83. The van der Waals surface area contributed by atoms with Crippen LogP contribution in [0.2, 0.25) is 0 Å². The first-order valence-corrected chi connectivity index (χ1v) is 4.86. The Hall–Kier alpha value is -1.34. The van der Waals surface area contributed by atoms with Crippen molar-refractivity contribution in [2.75, 3.05) is 13.2 Å². The van der Waals surface area contributed by atoms with Crippen molar-refractivity contribution in [1.29, 1.82) is 5.26 Å². The largest absolute Gasteiger partial charge is 0.382 e. The molecule has 1 heterocycles. The van der Waals surface area contributed by atoms with Gasteiger partial charge in [-0.2, -0.15) is 5.26 Å². The van der Waals surface area contributed by atoms with Crippen LogP contribution in [-0.4, -0.2) is 17.8 Å². The fourth-order valence-corrected chi connectivity index (χ4v) is 1.24. The maximum atomic E-state index is 8.47. The molecule has 0 fully saturated rings. The zero-order chi connectivity index (χ0) is 10.2. The van der Waals surface area contributed by atoms with Crippen molar-refractivity contribution < 1.29 is 9.30 Å². The Labute approximate surface area is 84.3 Å². The van der Waals surface area contributed by atoms with Crippen molar-refractivity contribution in [3.8, 4) is 6.07 Å². The van der Waals surface area contributed by atoms with E-state index in [1.54, 1.807) is 0 Å². The molecule has 4 heteroatoms. The molecule has 0 radical (unpaired) electrons. The Balaban J connectivity index is 2.26. The van der Waals surface area contributed by atoms with Crippen molar-refractivity contribution in [2.24, 2.45) is 0 Å². The second kappa shape index (κ2) is 6.17. The Kier molecular flexibility index (Phi) is 4.73. The number of nitriles is 1. The van der Waals surface area contributed by atoms with E-state index >= 15 is 0 Å². The van der Waals surface area contributed by atoms with E-state index < -0.39 is 0 Å². The van der Waals surface area contributed by atoms with Gasteiger partial charge in [0.1, 0.15) is 18.5 Å². The average Bonchev–Trinajstić information content (AvgIpc) is 2.61. The SMILES string of the molecule is CCOCCC[n+]1ccn(CC#N)c1. The van der Waals surface area contributed by atoms with Crippen LogP contribution in [0.5, 0.6) is 0 Å². The highest BCUT2D eigenvalue weighted by Gasteiger charge is 2.01. The summed E-state index contributed by atoms with van der Waals surface area (Å²) < 4.78 is 9.16. The molecule has 0 aromatic carbocycles. The molecule has 0 unspecified atom stereocenters. The third-order valence-corrected chi connectivity index (χ3v) is 1.91. The minimum Gasteiger partial charge on any atom is -0.382 e. The Morgan fingerprint density at radius 1 is 1.57 bits per heavy atom. The predicted octanol–water partition coefficient (Wildman–Crippen LogP) is 0.726. The minimum absolute atomic E-state index is 0.415. The maximum absolute atomic E-state index is 8.47. The number of nitrogens with zero attached hydrogens (tertiary/aromatic N) is 3. The monoisotopic (exact) mass is 194 g/mol. The maximum Gasteiger partial charge on any atom is 0.244 e. The molecule has 1 aromatic heterocycles. The number of hydrogen-bond acceptors (Lipinski definition) is 2. The lowest BCUT2D eigenvalue weighted by Gasteiger charge is -1.97. The smallest absolute Gasteiger partial charge is 0.244 e. The molecule has 0 saturated carbocycles. The molecule has 0 spiro atoms. The Morgan fingerprint density at radius 2 is 2.43 bits per heavy atom. The first-order chi connectivity index (χ1) is 6.86. The summed E-state index contributed by atoms with van der Waals surface area (Å²) in [5.41, 5.74) is 0. The molecule has 1 rings (SSSR count). The van der Waals surface area contributed by atoms with Crippen molar-refractivity contribution in [2.45, 2.75) is 26.4 Å². The van der Waals surface area contributed by atoms with Gasteiger partial charge >= 0.3 is 0 Å². The van der Waals surface area contributed by atoms with Gasteiger partial charge < -0.3 is 4.74 Å². The second-order valence-corrected chi connectivity index (χ2v) is 3.03. The molecule has 0 amide bonds. The van der Waals surface area contributed by atoms with Crippen LogP contribution in [0.25, 0.3) is 0 Å². The zero-order valence-electron chi connectivity index (χ0n) is 8.52. The molecule has 1 aromatic rings. The highest BCUT2D eigenvalue weighted by molar-refractivity contribution is 4.75. The van der Waals surface area contributed by atoms with Gasteiger partial charge in [-0.1, -0.05) is 0 Å². The van der Waals surface area contributed by atoms with E-state index in [2.05, 4.69) is 10.6 Å². The summed E-state index contributed by atoms with van der Waals surface area (Å²) in [7, 11) is 0. The number of imidazole rings is 1. The van der Waals surface area contributed by atoms with Gasteiger partial charge in [0.15, 0.2) is 6.54 Å². The molecule has 0 aliphatic rings. The van der Waals surface area contributed by atoms with Gasteiger partial charge in [-0.05, 0) is 6.92 Å². The molecule has 0 aliphatic carbocycles. The molecular weight excluding hydrogens is 178 g/mol. The van der Waals surface area contributed by atoms with Gasteiger partial charge in [-0.3, -0.25) is 0 Å². The quantitative estimate of drug-likeness (QED) is 0.495. The van der Waals surface area contributed by atoms with Crippen molar-refractivity contribution in [3.05, 3.63) is 18.7 Å². The molecule has 0 N–H and O–H groups in total. The van der Waals surface area contributed by atoms with E-state index in [1.165, 1.54) is 0 Å². The summed E-state index contributed by atoms with van der Waals surface area (Å²) >= 11 is 0. The lowest BCUT2D eigenvalue weighted by Crippen LogP contribution is -2.31. The fourth-order valence-electron chi connectivity index (χ4n) is 1.24. The summed E-state index contributed by atoms with van der Waals surface area (Å²) in [4.78, 5) is 0. The zero-order valence-corrected chi connectivity index (χ0v) is 8.52. The number of aryl methyl sites for hydroxylation is 1. The van der Waals surface area contributed by atoms with Gasteiger partial charge in [-0.25, -0.2) is 9.13 Å². The summed E-state index contributed by atoms with van der Waals surface area (Å²) in [5, 5.41) is 8.47. The first-order valence-electron chi connectivity index (χ1n) is 4.86. The molecular formula is C10H16N3O+. The van der Waals surface area contributed by atoms with Crippen LogP contribution < -0.4 is 4.57 Å². The summed E-state index contributed by atoms with van der Waals surface area (Å²) in [6.45, 7) is 4.93. The lowest BCUT2D eigenvalue weighted by atomic mass is 10.4. The fraction of sp³-hybridized carbons (Fsp3) is 0.600. The van der Waals surface area contributed by atoms with Crippen LogP contribution in [0.15, 0.2) is 18.7 Å². The van der Waals surface area contributed by atoms with Gasteiger partial charge in [0.05, 0.1) is 13.2 Å². The molecule has 0 aliphatic heterocycles. The molecule has 14 heavy (non-hydrogen) atoms. The third-order valence-electron chi connectivity index (χ3n) is 1.91. The van der Waals surface area contributed by atoms with E-state index in [9.17, 15) is 0 Å². The predicted molar refractivity (Wildman–Crippen MR) is 51.4 cm³/mol. The Bertz CT molecular complexity index is 301. The average molecular weight is 194 g/mol. The number of aromatic nitrogens is 2. The van der Waals surface area contributed by atoms with E-state index in [0.717, 1.165) is 26.2 Å². The van der Waals surface area contributed by atoms with Crippen molar-refractivity contribution in [1.82, 2.24) is 4.57 Å². The van der Waals surface area contributed by atoms with Gasteiger partial charge in [0, 0.05) is 13.0 Å². The first kappa shape index (κ1) is 10.7. The highest BCUT2D eigenvalue weighted by Crippen LogP contribution is 1.86. The summed E-state index contributed by atoms with van der Waals surface area (Å²) in [5.74, 6) is 0. The van der Waals surface area contributed by atoms with Gasteiger partial charge in [-0.15, -0.1) is 0 Å². The minimum atomic E-state index is 0.415. The van der Waals surface area contributed by atoms with Crippen LogP contribution in [0.3, 0.4) is 0 Å². The van der Waals surface area contributed by atoms with Crippen molar-refractivity contribution in [3.63, 3.8) is 0 Å². The van der Waals surface area contributed by atoms with Gasteiger partial charge in [0.2, 0.25) is 6.33 Å². The van der Waals surface area contributed by atoms with Crippen molar-refractivity contribution >= 4 is 0 Å². The van der Waals surface area contributed by atoms with Crippen LogP contribution in [0.4, 0.5) is 0 Å². The van der Waals surface area contributed by atoms with Gasteiger partial charge in [0.25, 0.3) is 0 Å². The van der Waals surface area contributed by atoms with E-state index in [-0.39, 0.29) is 0 Å². The Morgan fingerprint density at radius 3 is 3.14 bits per heavy atom. The van der Waals surface area contributed by atoms with Crippen LogP contribution in [0.1, 0.15) is 13.3 Å². The number of ether oxygens (including phenoxy) is 1. The molecule has 0 atom stereocenters. The molecule has 0 bridgehead atoms. The topological polar surface area (TPSA) is 41.8 Å². The third kappa shape index (κ3) is 3.58. The molecule has 0 saturated heterocycles. The van der Waals surface area contributed by atoms with E-state index in [1.807, 2.05) is 30.2 Å². The lowest BCUT2D eigenvalue weighted by molar-refractivity contribution is -0.697. The van der Waals surface area contributed by atoms with E-state index in [4.69, 9.17) is 10.00 Å². The second-order valence-electron chi connectivity index (χ2n) is 3.03. The van der Waals surface area contributed by atoms with E-state index in [0.29, 0.717) is 6.54 Å². The highest BCUT2D eigenvalue weighted by atomic mass is 16.5. The van der Waals surface area contributed by atoms with Crippen LogP contribution in [-0.2, 0) is 17.8 Å². The standard InChI is InChI=1S/C10H16N3O/c1-2-14-9-3-5-12-7-8-13(10-12)6-4-11/h7-8,10H,2-3,5-6,9H2,1H3/q+1. The van der Waals surface area contributed by atoms with Crippen LogP contribution in [0, 0.1) is 11.3 Å². The normalized spacial score (nSPS) is 10.0. The number of rotatable bonds is 6. The van der Waals surface area contributed by atoms with Crippen LogP contribution >= 0.6 is 0 Å². The number of hydrogen-bond donors (Lipinski definition) is 0. The summed E-state index contributed by atoms with van der Waals surface area (Å²) in [6, 6.07) is 2.10.